The lowest BCUT2D eigenvalue weighted by Crippen LogP contribution is -2.32. The van der Waals surface area contributed by atoms with Crippen molar-refractivity contribution in [3.05, 3.63) is 100 Å². The van der Waals surface area contributed by atoms with Gasteiger partial charge in [0.05, 0.1) is 11.7 Å². The van der Waals surface area contributed by atoms with Gasteiger partial charge >= 0.3 is 6.03 Å². The quantitative estimate of drug-likeness (QED) is 0.267. The third-order valence-corrected chi connectivity index (χ3v) is 6.63. The highest BCUT2D eigenvalue weighted by Gasteiger charge is 2.22. The molecule has 6 nitrogen and oxygen atoms in total. The molecule has 0 saturated carbocycles. The first kappa shape index (κ1) is 24.8. The van der Waals surface area contributed by atoms with Gasteiger partial charge in [0.15, 0.2) is 11.0 Å². The summed E-state index contributed by atoms with van der Waals surface area (Å²) in [6, 6.07) is 18.7. The lowest BCUT2D eigenvalue weighted by molar-refractivity contribution is 0.249. The first-order valence-electron chi connectivity index (χ1n) is 11.0. The monoisotopic (exact) mass is 509 g/mol. The summed E-state index contributed by atoms with van der Waals surface area (Å²) in [7, 11) is 0. The van der Waals surface area contributed by atoms with Crippen LogP contribution in [-0.2, 0) is 5.75 Å². The highest BCUT2D eigenvalue weighted by Crippen LogP contribution is 2.30. The van der Waals surface area contributed by atoms with Crippen molar-refractivity contribution in [3.8, 4) is 5.69 Å². The van der Waals surface area contributed by atoms with Gasteiger partial charge in [0.1, 0.15) is 5.82 Å². The van der Waals surface area contributed by atoms with Gasteiger partial charge in [-0.15, -0.1) is 10.2 Å². The molecule has 2 amide bonds. The summed E-state index contributed by atoms with van der Waals surface area (Å²) in [6.45, 7) is 5.82. The van der Waals surface area contributed by atoms with E-state index in [2.05, 4.69) is 20.8 Å². The number of aromatic nitrogens is 3. The molecule has 0 fully saturated rings. The molecule has 2 N–H and O–H groups in total. The highest BCUT2D eigenvalue weighted by atomic mass is 35.5. The first-order valence-corrected chi connectivity index (χ1v) is 12.4. The molecule has 1 atom stereocenters. The van der Waals surface area contributed by atoms with E-state index in [9.17, 15) is 9.18 Å². The molecule has 1 aromatic heterocycles. The Bertz CT molecular complexity index is 1320. The number of aryl methyl sites for hydroxylation is 2. The Morgan fingerprint density at radius 3 is 2.49 bits per heavy atom. The van der Waals surface area contributed by atoms with Crippen LogP contribution >= 0.6 is 23.4 Å². The number of benzene rings is 3. The molecule has 35 heavy (non-hydrogen) atoms. The number of nitrogens with one attached hydrogen (secondary N) is 2. The molecule has 4 rings (SSSR count). The zero-order valence-electron chi connectivity index (χ0n) is 19.5. The topological polar surface area (TPSA) is 71.8 Å². The summed E-state index contributed by atoms with van der Waals surface area (Å²) in [5.74, 6) is 0.867. The molecule has 9 heteroatoms. The maximum atomic E-state index is 13.3. The SMILES string of the molecule is Cc1ccc(NC(=O)NC(C)c2nnc(SCc3ccc(F)cc3)n2-c2cc(Cl)ccc2C)cc1. The summed E-state index contributed by atoms with van der Waals surface area (Å²) < 4.78 is 15.2. The molecular formula is C26H25ClFN5OS. The molecule has 1 heterocycles. The number of hydrogen-bond acceptors (Lipinski definition) is 4. The zero-order chi connectivity index (χ0) is 24.9. The van der Waals surface area contributed by atoms with Gasteiger partial charge in [-0.1, -0.05) is 59.3 Å². The summed E-state index contributed by atoms with van der Waals surface area (Å²) in [5.41, 5.74) is 4.57. The number of thioether (sulfide) groups is 1. The van der Waals surface area contributed by atoms with Crippen molar-refractivity contribution in [3.63, 3.8) is 0 Å². The Kier molecular flexibility index (Phi) is 7.73. The summed E-state index contributed by atoms with van der Waals surface area (Å²) >= 11 is 7.79. The fourth-order valence-corrected chi connectivity index (χ4v) is 4.57. The maximum Gasteiger partial charge on any atom is 0.319 e. The molecular weight excluding hydrogens is 485 g/mol. The number of anilines is 1. The van der Waals surface area contributed by atoms with Gasteiger partial charge < -0.3 is 10.6 Å². The third kappa shape index (κ3) is 6.21. The summed E-state index contributed by atoms with van der Waals surface area (Å²) in [5, 5.41) is 15.8. The average molecular weight is 510 g/mol. The van der Waals surface area contributed by atoms with Crippen LogP contribution in [0.25, 0.3) is 5.69 Å². The van der Waals surface area contributed by atoms with Crippen LogP contribution < -0.4 is 10.6 Å². The minimum absolute atomic E-state index is 0.275. The molecule has 3 aromatic carbocycles. The van der Waals surface area contributed by atoms with Gasteiger partial charge in [-0.3, -0.25) is 4.57 Å². The van der Waals surface area contributed by atoms with Crippen LogP contribution in [0.15, 0.2) is 71.9 Å². The molecule has 0 aliphatic heterocycles. The standard InChI is InChI=1S/C26H25ClFN5OS/c1-16-4-12-22(13-5-16)30-25(34)29-18(3)24-31-32-26(35-15-19-7-10-21(28)11-8-19)33(24)23-14-20(27)9-6-17(23)2/h4-14,18H,15H2,1-3H3,(H2,29,30,34). The number of urea groups is 1. The van der Waals surface area contributed by atoms with Crippen molar-refractivity contribution in [2.24, 2.45) is 0 Å². The predicted octanol–water partition coefficient (Wildman–Crippen LogP) is 6.85. The van der Waals surface area contributed by atoms with E-state index in [4.69, 9.17) is 11.6 Å². The lowest BCUT2D eigenvalue weighted by Gasteiger charge is -2.18. The Hall–Kier alpha value is -3.36. The van der Waals surface area contributed by atoms with Crippen LogP contribution in [0.2, 0.25) is 5.02 Å². The van der Waals surface area contributed by atoms with Gasteiger partial charge in [-0.2, -0.15) is 0 Å². The smallest absolute Gasteiger partial charge is 0.319 e. The Morgan fingerprint density at radius 1 is 1.06 bits per heavy atom. The van der Waals surface area contributed by atoms with E-state index in [0.717, 1.165) is 22.4 Å². The van der Waals surface area contributed by atoms with Gasteiger partial charge in [0.25, 0.3) is 0 Å². The van der Waals surface area contributed by atoms with Crippen LogP contribution in [0.5, 0.6) is 0 Å². The molecule has 4 aromatic rings. The largest absolute Gasteiger partial charge is 0.328 e. The van der Waals surface area contributed by atoms with Gasteiger partial charge in [-0.25, -0.2) is 9.18 Å². The van der Waals surface area contributed by atoms with Gasteiger partial charge in [-0.05, 0) is 68.3 Å². The number of amides is 2. The van der Waals surface area contributed by atoms with E-state index < -0.39 is 6.04 Å². The minimum atomic E-state index is -0.452. The fraction of sp³-hybridized carbons (Fsp3) is 0.192. The fourth-order valence-electron chi connectivity index (χ4n) is 3.50. The number of nitrogens with zero attached hydrogens (tertiary/aromatic N) is 3. The highest BCUT2D eigenvalue weighted by molar-refractivity contribution is 7.98. The molecule has 0 spiro atoms. The predicted molar refractivity (Wildman–Crippen MR) is 139 cm³/mol. The molecule has 0 bridgehead atoms. The summed E-state index contributed by atoms with van der Waals surface area (Å²) in [4.78, 5) is 12.7. The zero-order valence-corrected chi connectivity index (χ0v) is 21.1. The second kappa shape index (κ2) is 10.9. The second-order valence-electron chi connectivity index (χ2n) is 8.21. The van der Waals surface area contributed by atoms with Crippen LogP contribution in [0.3, 0.4) is 0 Å². The third-order valence-electron chi connectivity index (χ3n) is 5.40. The number of carbonyl (C=O) groups is 1. The van der Waals surface area contributed by atoms with Crippen LogP contribution in [0.1, 0.15) is 35.5 Å². The Morgan fingerprint density at radius 2 is 1.77 bits per heavy atom. The van der Waals surface area contributed by atoms with Gasteiger partial charge in [0.2, 0.25) is 0 Å². The Balaban J connectivity index is 1.60. The number of hydrogen-bond donors (Lipinski definition) is 2. The van der Waals surface area contributed by atoms with E-state index in [1.54, 1.807) is 12.1 Å². The van der Waals surface area contributed by atoms with E-state index in [1.807, 2.05) is 67.8 Å². The second-order valence-corrected chi connectivity index (χ2v) is 9.59. The van der Waals surface area contributed by atoms with E-state index >= 15 is 0 Å². The van der Waals surface area contributed by atoms with E-state index in [-0.39, 0.29) is 11.8 Å². The summed E-state index contributed by atoms with van der Waals surface area (Å²) in [6.07, 6.45) is 0. The molecule has 0 saturated heterocycles. The van der Waals surface area contributed by atoms with Gasteiger partial charge in [0, 0.05) is 16.5 Å². The number of rotatable bonds is 7. The molecule has 180 valence electrons. The lowest BCUT2D eigenvalue weighted by atomic mass is 10.2. The first-order chi connectivity index (χ1) is 16.8. The molecule has 0 aliphatic rings. The minimum Gasteiger partial charge on any atom is -0.328 e. The normalized spacial score (nSPS) is 11.8. The average Bonchev–Trinajstić information content (AvgIpc) is 3.25. The molecule has 1 unspecified atom stereocenters. The molecule has 0 aliphatic carbocycles. The van der Waals surface area contributed by atoms with Crippen LogP contribution in [0.4, 0.5) is 14.9 Å². The van der Waals surface area contributed by atoms with Crippen molar-refractivity contribution in [2.75, 3.05) is 5.32 Å². The van der Waals surface area contributed by atoms with Crippen molar-refractivity contribution in [2.45, 2.75) is 37.7 Å². The van der Waals surface area contributed by atoms with Crippen LogP contribution in [-0.4, -0.2) is 20.8 Å². The van der Waals surface area contributed by atoms with Crippen molar-refractivity contribution in [1.82, 2.24) is 20.1 Å². The number of carbonyl (C=O) groups excluding carboxylic acids is 1. The van der Waals surface area contributed by atoms with Crippen LogP contribution in [0, 0.1) is 19.7 Å². The van der Waals surface area contributed by atoms with E-state index in [0.29, 0.717) is 27.4 Å². The molecule has 0 radical (unpaired) electrons. The van der Waals surface area contributed by atoms with Crippen molar-refractivity contribution >= 4 is 35.1 Å². The number of halogens is 2. The van der Waals surface area contributed by atoms with Crippen molar-refractivity contribution in [1.29, 1.82) is 0 Å². The maximum absolute atomic E-state index is 13.3. The van der Waals surface area contributed by atoms with E-state index in [1.165, 1.54) is 23.9 Å². The van der Waals surface area contributed by atoms with Crippen molar-refractivity contribution < 1.29 is 9.18 Å². The Labute approximate surface area is 212 Å².